The maximum atomic E-state index is 12.6. The van der Waals surface area contributed by atoms with E-state index < -0.39 is 0 Å². The fourth-order valence-corrected chi connectivity index (χ4v) is 3.53. The summed E-state index contributed by atoms with van der Waals surface area (Å²) in [6, 6.07) is -0.258. The summed E-state index contributed by atoms with van der Waals surface area (Å²) in [5.41, 5.74) is 0. The quantitative estimate of drug-likeness (QED) is 0.840. The van der Waals surface area contributed by atoms with Gasteiger partial charge in [-0.2, -0.15) is 0 Å². The average Bonchev–Trinajstić information content (AvgIpc) is 2.48. The van der Waals surface area contributed by atoms with Crippen LogP contribution in [-0.4, -0.2) is 35.8 Å². The van der Waals surface area contributed by atoms with Gasteiger partial charge in [-0.05, 0) is 24.7 Å². The highest BCUT2D eigenvalue weighted by molar-refractivity contribution is 5.95. The number of hydrogen-bond donors (Lipinski definition) is 1. The number of nitrogens with one attached hydrogen (secondary N) is 1. The molecule has 4 nitrogen and oxygen atoms in total. The molecular formula is C16H28N2O2. The molecule has 0 aromatic carbocycles. The molecule has 1 N–H and O–H groups in total. The number of hydrogen-bond acceptors (Lipinski definition) is 2. The van der Waals surface area contributed by atoms with Crippen LogP contribution in [0.5, 0.6) is 0 Å². The lowest BCUT2D eigenvalue weighted by Gasteiger charge is -2.39. The monoisotopic (exact) mass is 280 g/mol. The fraction of sp³-hybridized carbons (Fsp3) is 0.875. The normalized spacial score (nSPS) is 25.1. The summed E-state index contributed by atoms with van der Waals surface area (Å²) in [6.45, 7) is 5.30. The van der Waals surface area contributed by atoms with E-state index >= 15 is 0 Å². The van der Waals surface area contributed by atoms with Gasteiger partial charge in [0.25, 0.3) is 0 Å². The van der Waals surface area contributed by atoms with Crippen molar-refractivity contribution in [2.75, 3.05) is 13.1 Å². The van der Waals surface area contributed by atoms with Crippen LogP contribution in [0.3, 0.4) is 0 Å². The van der Waals surface area contributed by atoms with Crippen LogP contribution >= 0.6 is 0 Å². The van der Waals surface area contributed by atoms with Crippen molar-refractivity contribution in [2.45, 2.75) is 64.8 Å². The molecule has 1 saturated carbocycles. The first-order chi connectivity index (χ1) is 9.65. The van der Waals surface area contributed by atoms with Gasteiger partial charge in [0, 0.05) is 6.54 Å². The lowest BCUT2D eigenvalue weighted by Crippen LogP contribution is -2.61. The molecule has 4 heteroatoms. The molecule has 1 unspecified atom stereocenters. The second-order valence-corrected chi connectivity index (χ2v) is 6.34. The first-order valence-corrected chi connectivity index (χ1v) is 8.23. The highest BCUT2D eigenvalue weighted by Crippen LogP contribution is 2.28. The Balaban J connectivity index is 2.02. The smallest absolute Gasteiger partial charge is 0.245 e. The summed E-state index contributed by atoms with van der Waals surface area (Å²) >= 11 is 0. The van der Waals surface area contributed by atoms with Gasteiger partial charge in [0.1, 0.15) is 6.04 Å². The van der Waals surface area contributed by atoms with Crippen molar-refractivity contribution in [1.82, 2.24) is 10.2 Å². The Morgan fingerprint density at radius 2 is 1.80 bits per heavy atom. The van der Waals surface area contributed by atoms with Gasteiger partial charge in [-0.1, -0.05) is 46.0 Å². The Morgan fingerprint density at radius 3 is 2.40 bits per heavy atom. The van der Waals surface area contributed by atoms with E-state index in [1.54, 1.807) is 4.90 Å². The molecule has 2 amide bonds. The zero-order valence-electron chi connectivity index (χ0n) is 12.9. The van der Waals surface area contributed by atoms with Gasteiger partial charge >= 0.3 is 0 Å². The van der Waals surface area contributed by atoms with E-state index in [0.717, 1.165) is 32.2 Å². The number of carbonyl (C=O) groups is 2. The third-order valence-electron chi connectivity index (χ3n) is 4.98. The highest BCUT2D eigenvalue weighted by atomic mass is 16.2. The van der Waals surface area contributed by atoms with Gasteiger partial charge < -0.3 is 10.2 Å². The van der Waals surface area contributed by atoms with Crippen LogP contribution in [0.2, 0.25) is 0 Å². The topological polar surface area (TPSA) is 49.4 Å². The zero-order valence-corrected chi connectivity index (χ0v) is 12.9. The van der Waals surface area contributed by atoms with Crippen LogP contribution in [0.1, 0.15) is 58.8 Å². The van der Waals surface area contributed by atoms with Crippen LogP contribution in [0.4, 0.5) is 0 Å². The van der Waals surface area contributed by atoms with Crippen molar-refractivity contribution in [3.63, 3.8) is 0 Å². The van der Waals surface area contributed by atoms with Gasteiger partial charge in [0.2, 0.25) is 11.8 Å². The number of piperazine rings is 1. The van der Waals surface area contributed by atoms with Gasteiger partial charge in [-0.15, -0.1) is 0 Å². The van der Waals surface area contributed by atoms with Gasteiger partial charge in [0.15, 0.2) is 0 Å². The van der Waals surface area contributed by atoms with E-state index in [1.807, 2.05) is 0 Å². The summed E-state index contributed by atoms with van der Waals surface area (Å²) in [7, 11) is 0. The molecule has 2 rings (SSSR count). The summed E-state index contributed by atoms with van der Waals surface area (Å²) in [5.74, 6) is 1.04. The first kappa shape index (κ1) is 15.3. The fourth-order valence-electron chi connectivity index (χ4n) is 3.53. The lowest BCUT2D eigenvalue weighted by atomic mass is 9.82. The van der Waals surface area contributed by atoms with E-state index in [1.165, 1.54) is 19.3 Å². The Morgan fingerprint density at radius 1 is 1.15 bits per heavy atom. The molecule has 1 saturated heterocycles. The Kier molecular flexibility index (Phi) is 5.44. The maximum Gasteiger partial charge on any atom is 0.245 e. The van der Waals surface area contributed by atoms with Crippen LogP contribution in [0.15, 0.2) is 0 Å². The van der Waals surface area contributed by atoms with E-state index in [-0.39, 0.29) is 24.4 Å². The number of rotatable bonds is 5. The second kappa shape index (κ2) is 7.09. The zero-order chi connectivity index (χ0) is 14.5. The first-order valence-electron chi connectivity index (χ1n) is 8.23. The molecule has 20 heavy (non-hydrogen) atoms. The molecule has 0 aromatic heterocycles. The SMILES string of the molecule is CCC(CC)CN1CC(=O)NC(C2CCCCC2)C1=O. The molecule has 1 aliphatic heterocycles. The molecule has 2 fully saturated rings. The molecule has 2 aliphatic rings. The van der Waals surface area contributed by atoms with Crippen LogP contribution in [0, 0.1) is 11.8 Å². The van der Waals surface area contributed by atoms with Gasteiger partial charge in [-0.25, -0.2) is 0 Å². The van der Waals surface area contributed by atoms with E-state index in [4.69, 9.17) is 0 Å². The number of amides is 2. The van der Waals surface area contributed by atoms with Gasteiger partial charge in [0.05, 0.1) is 6.54 Å². The highest BCUT2D eigenvalue weighted by Gasteiger charge is 2.38. The lowest BCUT2D eigenvalue weighted by molar-refractivity contribution is -0.146. The van der Waals surface area contributed by atoms with E-state index in [0.29, 0.717) is 11.8 Å². The largest absolute Gasteiger partial charge is 0.342 e. The summed E-state index contributed by atoms with van der Waals surface area (Å²) in [4.78, 5) is 26.4. The molecule has 0 aromatic rings. The second-order valence-electron chi connectivity index (χ2n) is 6.34. The van der Waals surface area contributed by atoms with E-state index in [9.17, 15) is 9.59 Å². The minimum atomic E-state index is -0.258. The van der Waals surface area contributed by atoms with Crippen LogP contribution in [0.25, 0.3) is 0 Å². The molecule has 1 heterocycles. The summed E-state index contributed by atoms with van der Waals surface area (Å²) in [6.07, 6.45) is 7.94. The predicted molar refractivity (Wildman–Crippen MR) is 79.2 cm³/mol. The molecule has 1 atom stereocenters. The summed E-state index contributed by atoms with van der Waals surface area (Å²) < 4.78 is 0. The van der Waals surface area contributed by atoms with Crippen molar-refractivity contribution < 1.29 is 9.59 Å². The van der Waals surface area contributed by atoms with Crippen LogP contribution < -0.4 is 5.32 Å². The van der Waals surface area contributed by atoms with Crippen molar-refractivity contribution in [3.8, 4) is 0 Å². The number of carbonyl (C=O) groups excluding carboxylic acids is 2. The Labute approximate surface area is 122 Å². The Bertz CT molecular complexity index is 346. The van der Waals surface area contributed by atoms with Crippen molar-refractivity contribution in [3.05, 3.63) is 0 Å². The molecule has 1 aliphatic carbocycles. The third-order valence-corrected chi connectivity index (χ3v) is 4.98. The number of nitrogens with zero attached hydrogens (tertiary/aromatic N) is 1. The van der Waals surface area contributed by atoms with Crippen molar-refractivity contribution in [2.24, 2.45) is 11.8 Å². The summed E-state index contributed by atoms with van der Waals surface area (Å²) in [5, 5.41) is 2.94. The van der Waals surface area contributed by atoms with Gasteiger partial charge in [-0.3, -0.25) is 9.59 Å². The molecule has 114 valence electrons. The molecule has 0 spiro atoms. The Hall–Kier alpha value is -1.06. The standard InChI is InChI=1S/C16H28N2O2/c1-3-12(4-2)10-18-11-14(19)17-15(16(18)20)13-8-6-5-7-9-13/h12-13,15H,3-11H2,1-2H3,(H,17,19). The van der Waals surface area contributed by atoms with Crippen LogP contribution in [-0.2, 0) is 9.59 Å². The molecule has 0 radical (unpaired) electrons. The third kappa shape index (κ3) is 3.53. The van der Waals surface area contributed by atoms with Crippen molar-refractivity contribution in [1.29, 1.82) is 0 Å². The maximum absolute atomic E-state index is 12.6. The predicted octanol–water partition coefficient (Wildman–Crippen LogP) is 2.33. The van der Waals surface area contributed by atoms with Crippen molar-refractivity contribution >= 4 is 11.8 Å². The molecule has 0 bridgehead atoms. The minimum Gasteiger partial charge on any atom is -0.342 e. The minimum absolute atomic E-state index is 0.0196. The average molecular weight is 280 g/mol. The molecular weight excluding hydrogens is 252 g/mol. The van der Waals surface area contributed by atoms with E-state index in [2.05, 4.69) is 19.2 Å².